The molecule has 0 bridgehead atoms. The predicted octanol–water partition coefficient (Wildman–Crippen LogP) is 4.60. The highest BCUT2D eigenvalue weighted by Crippen LogP contribution is 2.39. The molecule has 0 aromatic heterocycles. The Hall–Kier alpha value is -0.890. The van der Waals surface area contributed by atoms with Crippen molar-refractivity contribution in [1.29, 1.82) is 0 Å². The first-order chi connectivity index (χ1) is 8.99. The fourth-order valence-electron chi connectivity index (χ4n) is 3.40. The van der Waals surface area contributed by atoms with E-state index in [4.69, 9.17) is 5.73 Å². The quantitative estimate of drug-likeness (QED) is 0.847. The Labute approximate surface area is 116 Å². The zero-order valence-electron chi connectivity index (χ0n) is 12.3. The molecule has 0 heterocycles. The van der Waals surface area contributed by atoms with Crippen molar-refractivity contribution in [2.75, 3.05) is 0 Å². The molecule has 106 valence electrons. The third kappa shape index (κ3) is 3.36. The third-order valence-electron chi connectivity index (χ3n) is 4.87. The van der Waals surface area contributed by atoms with Crippen LogP contribution < -0.4 is 5.73 Å². The van der Waals surface area contributed by atoms with Crippen LogP contribution in [0.15, 0.2) is 18.2 Å². The Bertz CT molecular complexity index is 419. The van der Waals surface area contributed by atoms with Crippen LogP contribution in [0.5, 0.6) is 0 Å². The lowest BCUT2D eigenvalue weighted by Gasteiger charge is -2.34. The van der Waals surface area contributed by atoms with Crippen molar-refractivity contribution in [2.24, 2.45) is 23.5 Å². The molecule has 0 saturated heterocycles. The molecule has 2 heteroatoms. The maximum Gasteiger partial charge on any atom is 0.123 e. The Morgan fingerprint density at radius 3 is 2.26 bits per heavy atom. The van der Waals surface area contributed by atoms with Gasteiger partial charge in [-0.25, -0.2) is 4.39 Å². The van der Waals surface area contributed by atoms with E-state index in [1.165, 1.54) is 31.7 Å². The van der Waals surface area contributed by atoms with Crippen molar-refractivity contribution < 1.29 is 4.39 Å². The average Bonchev–Trinajstić information content (AvgIpc) is 2.41. The molecule has 2 N–H and O–H groups in total. The second kappa shape index (κ2) is 6.04. The van der Waals surface area contributed by atoms with Gasteiger partial charge in [0.05, 0.1) is 0 Å². The van der Waals surface area contributed by atoms with Gasteiger partial charge in [-0.05, 0) is 73.6 Å². The first-order valence-corrected chi connectivity index (χ1v) is 7.50. The van der Waals surface area contributed by atoms with Gasteiger partial charge in [0.1, 0.15) is 5.82 Å². The Kier molecular flexibility index (Phi) is 4.62. The smallest absolute Gasteiger partial charge is 0.123 e. The van der Waals surface area contributed by atoms with Gasteiger partial charge >= 0.3 is 0 Å². The zero-order chi connectivity index (χ0) is 14.0. The van der Waals surface area contributed by atoms with Crippen LogP contribution in [0.4, 0.5) is 4.39 Å². The van der Waals surface area contributed by atoms with Crippen molar-refractivity contribution in [1.82, 2.24) is 0 Å². The molecule has 1 nitrogen and oxygen atoms in total. The van der Waals surface area contributed by atoms with Crippen LogP contribution in [0.2, 0.25) is 0 Å². The molecule has 1 saturated carbocycles. The summed E-state index contributed by atoms with van der Waals surface area (Å²) in [7, 11) is 0. The van der Waals surface area contributed by atoms with E-state index in [0.717, 1.165) is 23.0 Å². The van der Waals surface area contributed by atoms with Crippen molar-refractivity contribution in [3.8, 4) is 0 Å². The monoisotopic (exact) mass is 263 g/mol. The lowest BCUT2D eigenvalue weighted by Crippen LogP contribution is -2.28. The molecule has 0 amide bonds. The van der Waals surface area contributed by atoms with E-state index in [0.29, 0.717) is 5.92 Å². The molecule has 0 radical (unpaired) electrons. The van der Waals surface area contributed by atoms with Crippen LogP contribution in [0.1, 0.15) is 56.7 Å². The number of hydrogen-bond acceptors (Lipinski definition) is 1. The summed E-state index contributed by atoms with van der Waals surface area (Å²) >= 11 is 0. The van der Waals surface area contributed by atoms with Crippen LogP contribution in [-0.4, -0.2) is 0 Å². The highest BCUT2D eigenvalue weighted by molar-refractivity contribution is 5.29. The average molecular weight is 263 g/mol. The molecule has 1 aromatic carbocycles. The van der Waals surface area contributed by atoms with Crippen molar-refractivity contribution >= 4 is 0 Å². The van der Waals surface area contributed by atoms with Crippen molar-refractivity contribution in [2.45, 2.75) is 52.5 Å². The first-order valence-electron chi connectivity index (χ1n) is 7.50. The largest absolute Gasteiger partial charge is 0.324 e. The molecule has 2 rings (SSSR count). The van der Waals surface area contributed by atoms with Gasteiger partial charge in [-0.3, -0.25) is 0 Å². The number of nitrogens with two attached hydrogens (primary N) is 1. The summed E-state index contributed by atoms with van der Waals surface area (Å²) in [5.41, 5.74) is 8.50. The maximum absolute atomic E-state index is 13.4. The second-order valence-corrected chi connectivity index (χ2v) is 6.45. The van der Waals surface area contributed by atoms with E-state index in [9.17, 15) is 4.39 Å². The fraction of sp³-hybridized carbons (Fsp3) is 0.647. The highest BCUT2D eigenvalue weighted by atomic mass is 19.1. The number of benzene rings is 1. The molecule has 1 atom stereocenters. The predicted molar refractivity (Wildman–Crippen MR) is 78.4 cm³/mol. The molecular formula is C17H26FN. The zero-order valence-corrected chi connectivity index (χ0v) is 12.3. The second-order valence-electron chi connectivity index (χ2n) is 6.45. The van der Waals surface area contributed by atoms with Crippen LogP contribution in [-0.2, 0) is 0 Å². The summed E-state index contributed by atoms with van der Waals surface area (Å²) in [5, 5.41) is 0. The molecule has 1 aromatic rings. The third-order valence-corrected chi connectivity index (χ3v) is 4.87. The molecule has 1 aliphatic rings. The minimum atomic E-state index is -0.174. The first kappa shape index (κ1) is 14.5. The van der Waals surface area contributed by atoms with Crippen molar-refractivity contribution in [3.63, 3.8) is 0 Å². The van der Waals surface area contributed by atoms with Gasteiger partial charge in [0.25, 0.3) is 0 Å². The lowest BCUT2D eigenvalue weighted by atomic mass is 9.73. The van der Waals surface area contributed by atoms with Gasteiger partial charge < -0.3 is 5.73 Å². The summed E-state index contributed by atoms with van der Waals surface area (Å²) < 4.78 is 13.4. The van der Waals surface area contributed by atoms with E-state index in [-0.39, 0.29) is 11.9 Å². The van der Waals surface area contributed by atoms with Gasteiger partial charge in [-0.2, -0.15) is 0 Å². The summed E-state index contributed by atoms with van der Waals surface area (Å²) in [6, 6.07) is 4.96. The standard InChI is InChI=1S/C17H26FN/c1-11(2)13-5-7-14(8-6-13)17(19)16-10-15(18)9-4-12(16)3/h4,9-11,13-14,17H,5-8,19H2,1-3H3. The van der Waals surface area contributed by atoms with E-state index >= 15 is 0 Å². The Balaban J connectivity index is 2.05. The van der Waals surface area contributed by atoms with Gasteiger partial charge in [-0.15, -0.1) is 0 Å². The maximum atomic E-state index is 13.4. The van der Waals surface area contributed by atoms with Crippen molar-refractivity contribution in [3.05, 3.63) is 35.1 Å². The van der Waals surface area contributed by atoms with E-state index in [1.54, 1.807) is 6.07 Å². The topological polar surface area (TPSA) is 26.0 Å². The highest BCUT2D eigenvalue weighted by Gasteiger charge is 2.28. The van der Waals surface area contributed by atoms with E-state index in [2.05, 4.69) is 13.8 Å². The normalized spacial score (nSPS) is 25.6. The van der Waals surface area contributed by atoms with Crippen LogP contribution in [0.3, 0.4) is 0 Å². The molecular weight excluding hydrogens is 237 g/mol. The number of aryl methyl sites for hydroxylation is 1. The van der Waals surface area contributed by atoms with E-state index < -0.39 is 0 Å². The SMILES string of the molecule is Cc1ccc(F)cc1C(N)C1CCC(C(C)C)CC1. The number of rotatable bonds is 3. The lowest BCUT2D eigenvalue weighted by molar-refractivity contribution is 0.203. The minimum absolute atomic E-state index is 0.0104. The van der Waals surface area contributed by atoms with Gasteiger partial charge in [-0.1, -0.05) is 19.9 Å². The fourth-order valence-corrected chi connectivity index (χ4v) is 3.40. The Morgan fingerprint density at radius 2 is 1.68 bits per heavy atom. The van der Waals surface area contributed by atoms with Crippen LogP contribution >= 0.6 is 0 Å². The molecule has 0 spiro atoms. The number of hydrogen-bond donors (Lipinski definition) is 1. The van der Waals surface area contributed by atoms with Crippen LogP contribution in [0.25, 0.3) is 0 Å². The summed E-state index contributed by atoms with van der Waals surface area (Å²) in [6.45, 7) is 6.64. The summed E-state index contributed by atoms with van der Waals surface area (Å²) in [5.74, 6) is 1.95. The van der Waals surface area contributed by atoms with Gasteiger partial charge in [0.2, 0.25) is 0 Å². The molecule has 0 aliphatic heterocycles. The summed E-state index contributed by atoms with van der Waals surface area (Å²) in [4.78, 5) is 0. The minimum Gasteiger partial charge on any atom is -0.324 e. The summed E-state index contributed by atoms with van der Waals surface area (Å²) in [6.07, 6.45) is 4.90. The van der Waals surface area contributed by atoms with Crippen LogP contribution in [0, 0.1) is 30.5 Å². The molecule has 1 unspecified atom stereocenters. The molecule has 1 fully saturated rings. The number of halogens is 1. The van der Waals surface area contributed by atoms with Gasteiger partial charge in [0.15, 0.2) is 0 Å². The molecule has 1 aliphatic carbocycles. The van der Waals surface area contributed by atoms with Gasteiger partial charge in [0, 0.05) is 6.04 Å². The Morgan fingerprint density at radius 1 is 1.11 bits per heavy atom. The molecule has 19 heavy (non-hydrogen) atoms. The van der Waals surface area contributed by atoms with E-state index in [1.807, 2.05) is 13.0 Å².